The number of alkyl halides is 3. The third kappa shape index (κ3) is 6.27. The summed E-state index contributed by atoms with van der Waals surface area (Å²) in [5.74, 6) is 1.05. The molecule has 2 unspecified atom stereocenters. The van der Waals surface area contributed by atoms with E-state index < -0.39 is 21.8 Å². The summed E-state index contributed by atoms with van der Waals surface area (Å²) in [4.78, 5) is 2.44. The van der Waals surface area contributed by atoms with E-state index in [1.165, 1.54) is 29.7 Å². The molecule has 3 aliphatic rings. The van der Waals surface area contributed by atoms with Gasteiger partial charge in [0.1, 0.15) is 0 Å². The molecular formula is C27H33F3N2O2S. The van der Waals surface area contributed by atoms with Gasteiger partial charge in [-0.05, 0) is 97.7 Å². The Labute approximate surface area is 206 Å². The summed E-state index contributed by atoms with van der Waals surface area (Å²) >= 11 is 0. The predicted octanol–water partition coefficient (Wildman–Crippen LogP) is 4.78. The highest BCUT2D eigenvalue weighted by Gasteiger charge is 2.36. The molecule has 1 saturated heterocycles. The molecular weight excluding hydrogens is 473 g/mol. The van der Waals surface area contributed by atoms with Crippen molar-refractivity contribution in [2.45, 2.75) is 50.6 Å². The van der Waals surface area contributed by atoms with E-state index in [9.17, 15) is 21.6 Å². The van der Waals surface area contributed by atoms with E-state index in [2.05, 4.69) is 27.8 Å². The zero-order chi connectivity index (χ0) is 24.6. The van der Waals surface area contributed by atoms with Gasteiger partial charge in [-0.15, -0.1) is 0 Å². The van der Waals surface area contributed by atoms with Gasteiger partial charge in [0.2, 0.25) is 10.0 Å². The molecule has 4 nitrogen and oxygen atoms in total. The van der Waals surface area contributed by atoms with Crippen LogP contribution in [0.5, 0.6) is 0 Å². The maximum absolute atomic E-state index is 13.3. The highest BCUT2D eigenvalue weighted by molar-refractivity contribution is 7.89. The van der Waals surface area contributed by atoms with Crippen LogP contribution >= 0.6 is 0 Å². The SMILES string of the molecule is O=S(=O)(CC1CC1)NCCc1ccc2c(c1)C(Cc1cccc(C(F)(F)F)c1)C(CN1CCC1)C2. The lowest BCUT2D eigenvalue weighted by molar-refractivity contribution is -0.137. The maximum Gasteiger partial charge on any atom is 0.416 e. The van der Waals surface area contributed by atoms with Crippen molar-refractivity contribution in [3.63, 3.8) is 0 Å². The monoisotopic (exact) mass is 506 g/mol. The van der Waals surface area contributed by atoms with Crippen molar-refractivity contribution < 1.29 is 21.6 Å². The second-order valence-electron chi connectivity index (χ2n) is 10.5. The molecule has 5 rings (SSSR count). The summed E-state index contributed by atoms with van der Waals surface area (Å²) in [5, 5.41) is 0. The van der Waals surface area contributed by atoms with Gasteiger partial charge in [0, 0.05) is 13.1 Å². The number of likely N-dealkylation sites (tertiary alicyclic amines) is 1. The molecule has 0 aromatic heterocycles. The van der Waals surface area contributed by atoms with Gasteiger partial charge in [-0.25, -0.2) is 13.1 Å². The molecule has 35 heavy (non-hydrogen) atoms. The first-order chi connectivity index (χ1) is 16.7. The molecule has 2 aliphatic carbocycles. The van der Waals surface area contributed by atoms with E-state index in [0.29, 0.717) is 36.8 Å². The van der Waals surface area contributed by atoms with Gasteiger partial charge in [0.25, 0.3) is 0 Å². The van der Waals surface area contributed by atoms with Gasteiger partial charge in [-0.3, -0.25) is 0 Å². The Balaban J connectivity index is 1.32. The van der Waals surface area contributed by atoms with E-state index in [1.807, 2.05) is 0 Å². The van der Waals surface area contributed by atoms with E-state index in [0.717, 1.165) is 50.5 Å². The van der Waals surface area contributed by atoms with Gasteiger partial charge >= 0.3 is 6.18 Å². The predicted molar refractivity (Wildman–Crippen MR) is 131 cm³/mol. The van der Waals surface area contributed by atoms with Crippen molar-refractivity contribution in [1.82, 2.24) is 9.62 Å². The number of nitrogens with zero attached hydrogens (tertiary/aromatic N) is 1. The van der Waals surface area contributed by atoms with Crippen LogP contribution in [-0.4, -0.2) is 45.2 Å². The molecule has 2 aromatic rings. The number of hydrogen-bond acceptors (Lipinski definition) is 3. The Morgan fingerprint density at radius 2 is 1.83 bits per heavy atom. The molecule has 0 amide bonds. The largest absolute Gasteiger partial charge is 0.416 e. The Kier molecular flexibility index (Phi) is 6.98. The Morgan fingerprint density at radius 3 is 2.51 bits per heavy atom. The van der Waals surface area contributed by atoms with Crippen LogP contribution in [0.1, 0.15) is 53.0 Å². The third-order valence-corrected chi connectivity index (χ3v) is 9.25. The van der Waals surface area contributed by atoms with Crippen LogP contribution in [0.15, 0.2) is 42.5 Å². The van der Waals surface area contributed by atoms with E-state index in [1.54, 1.807) is 6.07 Å². The molecule has 0 radical (unpaired) electrons. The Morgan fingerprint density at radius 1 is 1.03 bits per heavy atom. The first-order valence-electron chi connectivity index (χ1n) is 12.6. The standard InChI is InChI=1S/C27H33F3N2O2S/c28-27(29,30)24-4-1-3-21(13-24)15-26-23(17-32-11-2-12-32)16-22-8-7-19(14-25(22)26)9-10-31-35(33,34)18-20-5-6-20/h1,3-4,7-8,13-14,20,23,26,31H,2,5-6,9-12,15-18H2. The molecule has 1 heterocycles. The fraction of sp³-hybridized carbons (Fsp3) is 0.556. The molecule has 1 saturated carbocycles. The minimum absolute atomic E-state index is 0.153. The lowest BCUT2D eigenvalue weighted by Crippen LogP contribution is -2.41. The van der Waals surface area contributed by atoms with Crippen molar-refractivity contribution in [1.29, 1.82) is 0 Å². The van der Waals surface area contributed by atoms with E-state index in [4.69, 9.17) is 0 Å². The summed E-state index contributed by atoms with van der Waals surface area (Å²) in [5.41, 5.74) is 3.66. The number of halogens is 3. The number of benzene rings is 2. The smallest absolute Gasteiger partial charge is 0.303 e. The van der Waals surface area contributed by atoms with Crippen LogP contribution in [0, 0.1) is 11.8 Å². The Bertz CT molecular complexity index is 1160. The van der Waals surface area contributed by atoms with E-state index >= 15 is 0 Å². The zero-order valence-electron chi connectivity index (χ0n) is 19.9. The van der Waals surface area contributed by atoms with Gasteiger partial charge < -0.3 is 4.90 Å². The summed E-state index contributed by atoms with van der Waals surface area (Å²) in [6, 6.07) is 12.1. The molecule has 2 fully saturated rings. The highest BCUT2D eigenvalue weighted by Crippen LogP contribution is 2.42. The summed E-state index contributed by atoms with van der Waals surface area (Å²) in [7, 11) is -3.23. The van der Waals surface area contributed by atoms with Crippen molar-refractivity contribution in [3.8, 4) is 0 Å². The minimum atomic E-state index is -4.35. The zero-order valence-corrected chi connectivity index (χ0v) is 20.7. The molecule has 0 spiro atoms. The molecule has 8 heteroatoms. The number of rotatable bonds is 10. The number of hydrogen-bond donors (Lipinski definition) is 1. The lowest BCUT2D eigenvalue weighted by atomic mass is 9.85. The van der Waals surface area contributed by atoms with Crippen molar-refractivity contribution in [3.05, 3.63) is 70.3 Å². The first-order valence-corrected chi connectivity index (χ1v) is 14.3. The minimum Gasteiger partial charge on any atom is -0.303 e. The first kappa shape index (κ1) is 24.8. The lowest BCUT2D eigenvalue weighted by Gasteiger charge is -2.35. The van der Waals surface area contributed by atoms with E-state index in [-0.39, 0.29) is 11.7 Å². The van der Waals surface area contributed by atoms with Crippen LogP contribution in [0.4, 0.5) is 13.2 Å². The normalized spacial score (nSPS) is 22.7. The van der Waals surface area contributed by atoms with Crippen LogP contribution in [-0.2, 0) is 35.5 Å². The molecule has 1 N–H and O–H groups in total. The second-order valence-corrected chi connectivity index (χ2v) is 12.4. The summed E-state index contributed by atoms with van der Waals surface area (Å²) < 4.78 is 67.0. The Hall–Kier alpha value is -1.90. The quantitative estimate of drug-likeness (QED) is 0.505. The number of sulfonamides is 1. The molecule has 1 aliphatic heterocycles. The number of nitrogens with one attached hydrogen (secondary N) is 1. The molecule has 2 atom stereocenters. The van der Waals surface area contributed by atoms with Crippen molar-refractivity contribution in [2.75, 3.05) is 31.9 Å². The summed E-state index contributed by atoms with van der Waals surface area (Å²) in [6.07, 6.45) is 0.968. The van der Waals surface area contributed by atoms with Gasteiger partial charge in [0.15, 0.2) is 0 Å². The second kappa shape index (κ2) is 9.87. The maximum atomic E-state index is 13.3. The van der Waals surface area contributed by atoms with Gasteiger partial charge in [0.05, 0.1) is 11.3 Å². The fourth-order valence-corrected chi connectivity index (χ4v) is 6.99. The topological polar surface area (TPSA) is 49.4 Å². The van der Waals surface area contributed by atoms with Gasteiger partial charge in [-0.2, -0.15) is 13.2 Å². The number of fused-ring (bicyclic) bond motifs is 1. The molecule has 0 bridgehead atoms. The van der Waals surface area contributed by atoms with Crippen LogP contribution in [0.25, 0.3) is 0 Å². The molecule has 2 aromatic carbocycles. The van der Waals surface area contributed by atoms with Crippen molar-refractivity contribution >= 4 is 10.0 Å². The fourth-order valence-electron chi connectivity index (χ4n) is 5.51. The average Bonchev–Trinajstić information content (AvgIpc) is 3.50. The van der Waals surface area contributed by atoms with Crippen LogP contribution < -0.4 is 4.72 Å². The van der Waals surface area contributed by atoms with Crippen molar-refractivity contribution in [2.24, 2.45) is 11.8 Å². The molecule has 190 valence electrons. The average molecular weight is 507 g/mol. The van der Waals surface area contributed by atoms with Crippen LogP contribution in [0.2, 0.25) is 0 Å². The van der Waals surface area contributed by atoms with Gasteiger partial charge in [-0.1, -0.05) is 36.4 Å². The summed E-state index contributed by atoms with van der Waals surface area (Å²) in [6.45, 7) is 3.52. The van der Waals surface area contributed by atoms with Crippen LogP contribution in [0.3, 0.4) is 0 Å². The highest BCUT2D eigenvalue weighted by atomic mass is 32.2. The third-order valence-electron chi connectivity index (χ3n) is 7.70.